The molecule has 4 rings (SSSR count). The van der Waals surface area contributed by atoms with Crippen molar-refractivity contribution in [3.05, 3.63) is 69.3 Å². The van der Waals surface area contributed by atoms with Crippen molar-refractivity contribution in [3.8, 4) is 5.75 Å². The van der Waals surface area contributed by atoms with E-state index in [0.717, 1.165) is 10.5 Å². The van der Waals surface area contributed by atoms with Crippen LogP contribution in [0.25, 0.3) is 0 Å². The number of hydrogen-bond acceptors (Lipinski definition) is 6. The maximum absolute atomic E-state index is 14.3. The Kier molecular flexibility index (Phi) is 7.62. The lowest BCUT2D eigenvalue weighted by atomic mass is 9.70. The smallest absolute Gasteiger partial charge is 0.312 e. The number of carbonyl (C=O) groups is 1. The van der Waals surface area contributed by atoms with Crippen LogP contribution >= 0.6 is 22.9 Å². The summed E-state index contributed by atoms with van der Waals surface area (Å²) in [6.07, 6.45) is 4.27. The average molecular weight is 518 g/mol. The maximum Gasteiger partial charge on any atom is 0.312 e. The molecule has 1 fully saturated rings. The zero-order valence-electron chi connectivity index (χ0n) is 20.0. The molecule has 1 aliphatic carbocycles. The highest BCUT2D eigenvalue weighted by Crippen LogP contribution is 2.42. The van der Waals surface area contributed by atoms with Crippen LogP contribution in [-0.4, -0.2) is 27.6 Å². The minimum Gasteiger partial charge on any atom is -0.487 e. The Bertz CT molecular complexity index is 1230. The number of nitrogens with one attached hydrogen (secondary N) is 1. The number of nitrogens with zero attached hydrogens (tertiary/aromatic N) is 2. The third-order valence-electron chi connectivity index (χ3n) is 5.91. The van der Waals surface area contributed by atoms with Gasteiger partial charge >= 0.3 is 5.97 Å². The molecule has 1 aromatic carbocycles. The Morgan fingerprint density at radius 3 is 2.69 bits per heavy atom. The number of esters is 1. The summed E-state index contributed by atoms with van der Waals surface area (Å²) in [6, 6.07) is 10.4. The van der Waals surface area contributed by atoms with Crippen molar-refractivity contribution >= 4 is 34.7 Å². The summed E-state index contributed by atoms with van der Waals surface area (Å²) in [5.74, 6) is -0.0957. The van der Waals surface area contributed by atoms with E-state index >= 15 is 0 Å². The SMILES string of the molecule is CC(C)(C)OC(=O)[C@]1(Cc2cccc(/N=c3/[nH]ccs3)n2)CC[C@@H](Oc2cccc(Cl)c2F)CC1. The molecule has 6 nitrogen and oxygen atoms in total. The van der Waals surface area contributed by atoms with Crippen LogP contribution in [-0.2, 0) is 16.0 Å². The minimum absolute atomic E-state index is 0.0259. The average Bonchev–Trinajstić information content (AvgIpc) is 3.30. The first-order valence-corrected chi connectivity index (χ1v) is 12.9. The van der Waals surface area contributed by atoms with Crippen LogP contribution in [0.2, 0.25) is 5.02 Å². The van der Waals surface area contributed by atoms with Crippen molar-refractivity contribution in [1.29, 1.82) is 0 Å². The molecule has 0 amide bonds. The van der Waals surface area contributed by atoms with Crippen LogP contribution in [0.15, 0.2) is 53.0 Å². The van der Waals surface area contributed by atoms with Crippen molar-refractivity contribution < 1.29 is 18.7 Å². The van der Waals surface area contributed by atoms with Crippen LogP contribution in [0.5, 0.6) is 5.75 Å². The molecule has 35 heavy (non-hydrogen) atoms. The summed E-state index contributed by atoms with van der Waals surface area (Å²) in [5.41, 5.74) is -0.587. The van der Waals surface area contributed by atoms with Gasteiger partial charge in [0, 0.05) is 23.7 Å². The summed E-state index contributed by atoms with van der Waals surface area (Å²) < 4.78 is 26.1. The van der Waals surface area contributed by atoms with E-state index in [1.165, 1.54) is 17.4 Å². The third-order valence-corrected chi connectivity index (χ3v) is 6.91. The van der Waals surface area contributed by atoms with Crippen LogP contribution in [0.4, 0.5) is 10.2 Å². The first-order chi connectivity index (χ1) is 16.6. The van der Waals surface area contributed by atoms with Crippen LogP contribution in [0.1, 0.15) is 52.1 Å². The fourth-order valence-corrected chi connectivity index (χ4v) is 4.94. The quantitative estimate of drug-likeness (QED) is 0.384. The summed E-state index contributed by atoms with van der Waals surface area (Å²) in [5, 5.41) is 1.94. The van der Waals surface area contributed by atoms with Crippen LogP contribution in [0.3, 0.4) is 0 Å². The number of rotatable bonds is 6. The van der Waals surface area contributed by atoms with E-state index in [4.69, 9.17) is 26.1 Å². The first-order valence-electron chi connectivity index (χ1n) is 11.6. The monoisotopic (exact) mass is 517 g/mol. The lowest BCUT2D eigenvalue weighted by Gasteiger charge is -2.39. The van der Waals surface area contributed by atoms with Gasteiger partial charge in [-0.3, -0.25) is 4.79 Å². The molecule has 9 heteroatoms. The number of ether oxygens (including phenoxy) is 2. The Labute approximate surface area is 213 Å². The van der Waals surface area contributed by atoms with Crippen molar-refractivity contribution in [2.24, 2.45) is 10.4 Å². The van der Waals surface area contributed by atoms with Gasteiger partial charge in [0.1, 0.15) is 5.60 Å². The molecule has 186 valence electrons. The number of thiazole rings is 1. The molecule has 0 spiro atoms. The maximum atomic E-state index is 14.3. The van der Waals surface area contributed by atoms with Gasteiger partial charge in [-0.25, -0.2) is 14.4 Å². The lowest BCUT2D eigenvalue weighted by molar-refractivity contribution is -0.171. The molecule has 0 unspecified atom stereocenters. The molecule has 2 heterocycles. The molecular weight excluding hydrogens is 489 g/mol. The number of aromatic amines is 1. The second-order valence-electron chi connectivity index (χ2n) is 9.80. The number of halogens is 2. The summed E-state index contributed by atoms with van der Waals surface area (Å²) in [6.45, 7) is 5.60. The number of H-pyrrole nitrogens is 1. The van der Waals surface area contributed by atoms with Crippen molar-refractivity contribution in [1.82, 2.24) is 9.97 Å². The predicted octanol–water partition coefficient (Wildman–Crippen LogP) is 6.39. The normalized spacial score (nSPS) is 21.1. The number of carbonyl (C=O) groups excluding carboxylic acids is 1. The Morgan fingerprint density at radius 1 is 1.26 bits per heavy atom. The molecule has 1 aliphatic rings. The predicted molar refractivity (Wildman–Crippen MR) is 134 cm³/mol. The van der Waals surface area contributed by atoms with Gasteiger partial charge in [-0.1, -0.05) is 23.7 Å². The number of aromatic nitrogens is 2. The summed E-state index contributed by atoms with van der Waals surface area (Å²) >= 11 is 7.38. The Balaban J connectivity index is 1.54. The van der Waals surface area contributed by atoms with Gasteiger partial charge in [-0.05, 0) is 70.7 Å². The number of hydrogen-bond donors (Lipinski definition) is 1. The van der Waals surface area contributed by atoms with Crippen molar-refractivity contribution in [2.45, 2.75) is 64.6 Å². The third kappa shape index (κ3) is 6.49. The van der Waals surface area contributed by atoms with E-state index in [2.05, 4.69) is 9.98 Å². The fraction of sp³-hybridized carbons (Fsp3) is 0.423. The highest BCUT2D eigenvalue weighted by atomic mass is 35.5. The molecule has 0 atom stereocenters. The number of pyridine rings is 1. The van der Waals surface area contributed by atoms with Gasteiger partial charge in [0.05, 0.1) is 16.5 Å². The van der Waals surface area contributed by atoms with Gasteiger partial charge in [-0.15, -0.1) is 11.3 Å². The van der Waals surface area contributed by atoms with Crippen molar-refractivity contribution in [2.75, 3.05) is 0 Å². The zero-order chi connectivity index (χ0) is 25.1. The zero-order valence-corrected chi connectivity index (χ0v) is 21.6. The summed E-state index contributed by atoms with van der Waals surface area (Å²) in [7, 11) is 0. The second kappa shape index (κ2) is 10.5. The van der Waals surface area contributed by atoms with E-state index in [1.807, 2.05) is 50.5 Å². The van der Waals surface area contributed by atoms with Gasteiger partial charge in [0.2, 0.25) is 0 Å². The van der Waals surface area contributed by atoms with E-state index in [-0.39, 0.29) is 22.8 Å². The molecule has 1 N–H and O–H groups in total. The molecule has 0 radical (unpaired) electrons. The molecule has 1 saturated carbocycles. The fourth-order valence-electron chi connectivity index (χ4n) is 4.23. The van der Waals surface area contributed by atoms with Gasteiger partial charge in [-0.2, -0.15) is 0 Å². The minimum atomic E-state index is -0.749. The number of benzene rings is 1. The lowest BCUT2D eigenvalue weighted by Crippen LogP contribution is -2.44. The van der Waals surface area contributed by atoms with E-state index in [9.17, 15) is 9.18 Å². The standard InChI is InChI=1S/C26H29ClFN3O3S/c1-25(2,3)34-23(32)26(16-17-6-4-9-21(30-17)31-24-29-14-15-35-24)12-10-18(11-13-26)33-20-8-5-7-19(27)22(20)28/h4-9,14-15,18H,10-13,16H2,1-3H3,(H,29,30,31)/t18-,26-. The van der Waals surface area contributed by atoms with E-state index in [0.29, 0.717) is 37.9 Å². The Morgan fingerprint density at radius 2 is 2.00 bits per heavy atom. The molecule has 0 aliphatic heterocycles. The molecule has 2 aromatic heterocycles. The van der Waals surface area contributed by atoms with Gasteiger partial charge < -0.3 is 14.5 Å². The topological polar surface area (TPSA) is 76.6 Å². The Hall–Kier alpha value is -2.71. The highest BCUT2D eigenvalue weighted by molar-refractivity contribution is 7.07. The molecular formula is C26H29ClFN3O3S. The molecule has 0 bridgehead atoms. The van der Waals surface area contributed by atoms with Crippen LogP contribution < -0.4 is 9.54 Å². The van der Waals surface area contributed by atoms with Crippen LogP contribution in [0, 0.1) is 11.2 Å². The van der Waals surface area contributed by atoms with Gasteiger partial charge in [0.25, 0.3) is 0 Å². The second-order valence-corrected chi connectivity index (χ2v) is 11.1. The molecule has 0 saturated heterocycles. The van der Waals surface area contributed by atoms with E-state index < -0.39 is 16.8 Å². The largest absolute Gasteiger partial charge is 0.487 e. The summed E-state index contributed by atoms with van der Waals surface area (Å²) in [4.78, 5) is 26.5. The molecule has 3 aromatic rings. The van der Waals surface area contributed by atoms with Crippen molar-refractivity contribution in [3.63, 3.8) is 0 Å². The van der Waals surface area contributed by atoms with Gasteiger partial charge in [0.15, 0.2) is 22.2 Å². The highest BCUT2D eigenvalue weighted by Gasteiger charge is 2.45. The first kappa shape index (κ1) is 25.4. The van der Waals surface area contributed by atoms with E-state index in [1.54, 1.807) is 12.1 Å².